The molecule has 0 spiro atoms. The van der Waals surface area contributed by atoms with Crippen molar-refractivity contribution in [3.05, 3.63) is 0 Å². The first-order chi connectivity index (χ1) is 8.35. The molecule has 2 unspecified atom stereocenters. The lowest BCUT2D eigenvalue weighted by Crippen LogP contribution is -2.46. The van der Waals surface area contributed by atoms with E-state index in [1.165, 1.54) is 0 Å². The van der Waals surface area contributed by atoms with Gasteiger partial charge in [-0.3, -0.25) is 14.5 Å². The number of aliphatic carboxylic acids is 1. The average molecular weight is 256 g/mol. The quantitative estimate of drug-likeness (QED) is 0.768. The second-order valence-electron chi connectivity index (χ2n) is 5.41. The Kier molecular flexibility index (Phi) is 4.73. The molecule has 0 radical (unpaired) electrons. The summed E-state index contributed by atoms with van der Waals surface area (Å²) in [4.78, 5) is 25.3. The number of nitrogens with zero attached hydrogens (tertiary/aromatic N) is 1. The Morgan fingerprint density at radius 2 is 2.00 bits per heavy atom. The molecule has 1 saturated heterocycles. The lowest BCUT2D eigenvalue weighted by atomic mass is 9.76. The average Bonchev–Trinajstić information content (AvgIpc) is 2.74. The normalized spacial score (nSPS) is 26.3. The molecular formula is C13H24N2O3. The molecule has 1 rings (SSSR count). The van der Waals surface area contributed by atoms with E-state index in [9.17, 15) is 14.7 Å². The van der Waals surface area contributed by atoms with Crippen molar-refractivity contribution in [1.29, 1.82) is 0 Å². The SMILES string of the molecule is CCNC(=O)C(C)N1CCC(C(=O)O)(C(C)C)C1. The van der Waals surface area contributed by atoms with Crippen molar-refractivity contribution in [2.24, 2.45) is 11.3 Å². The minimum absolute atomic E-state index is 0.0255. The summed E-state index contributed by atoms with van der Waals surface area (Å²) in [6.45, 7) is 9.32. The molecule has 2 N–H and O–H groups in total. The standard InChI is InChI=1S/C13H24N2O3/c1-5-14-11(16)10(4)15-7-6-13(8-15,9(2)3)12(17)18/h9-10H,5-8H2,1-4H3,(H,14,16)(H,17,18). The molecule has 1 fully saturated rings. The lowest BCUT2D eigenvalue weighted by Gasteiger charge is -2.30. The van der Waals surface area contributed by atoms with E-state index in [1.807, 2.05) is 32.6 Å². The van der Waals surface area contributed by atoms with Crippen molar-refractivity contribution >= 4 is 11.9 Å². The van der Waals surface area contributed by atoms with Crippen LogP contribution in [0.15, 0.2) is 0 Å². The topological polar surface area (TPSA) is 69.6 Å². The van der Waals surface area contributed by atoms with Gasteiger partial charge < -0.3 is 10.4 Å². The summed E-state index contributed by atoms with van der Waals surface area (Å²) >= 11 is 0. The van der Waals surface area contributed by atoms with Gasteiger partial charge in [0.25, 0.3) is 0 Å². The smallest absolute Gasteiger partial charge is 0.311 e. The highest BCUT2D eigenvalue weighted by Crippen LogP contribution is 2.38. The summed E-state index contributed by atoms with van der Waals surface area (Å²) in [5, 5.41) is 12.2. The third kappa shape index (κ3) is 2.66. The van der Waals surface area contributed by atoms with E-state index in [0.717, 1.165) is 0 Å². The van der Waals surface area contributed by atoms with Gasteiger partial charge >= 0.3 is 5.97 Å². The second-order valence-corrected chi connectivity index (χ2v) is 5.41. The maximum absolute atomic E-state index is 11.8. The third-order valence-electron chi connectivity index (χ3n) is 4.14. The Morgan fingerprint density at radius 3 is 2.39 bits per heavy atom. The molecule has 1 heterocycles. The summed E-state index contributed by atoms with van der Waals surface area (Å²) in [6.07, 6.45) is 0.615. The Labute approximate surface area is 109 Å². The fraction of sp³-hybridized carbons (Fsp3) is 0.846. The van der Waals surface area contributed by atoms with Gasteiger partial charge in [-0.1, -0.05) is 13.8 Å². The third-order valence-corrected chi connectivity index (χ3v) is 4.14. The van der Waals surface area contributed by atoms with E-state index < -0.39 is 11.4 Å². The van der Waals surface area contributed by atoms with Crippen LogP contribution in [0.1, 0.15) is 34.1 Å². The molecule has 0 aliphatic carbocycles. The lowest BCUT2D eigenvalue weighted by molar-refractivity contribution is -0.151. The molecule has 1 aliphatic heterocycles. The minimum atomic E-state index is -0.747. The monoisotopic (exact) mass is 256 g/mol. The van der Waals surface area contributed by atoms with Crippen LogP contribution in [0.4, 0.5) is 0 Å². The molecule has 0 bridgehead atoms. The molecule has 0 aromatic rings. The van der Waals surface area contributed by atoms with Gasteiger partial charge in [0.15, 0.2) is 0 Å². The molecule has 0 aromatic carbocycles. The zero-order chi connectivity index (χ0) is 13.9. The van der Waals surface area contributed by atoms with Gasteiger partial charge in [0.2, 0.25) is 5.91 Å². The summed E-state index contributed by atoms with van der Waals surface area (Å²) in [7, 11) is 0. The van der Waals surface area contributed by atoms with Crippen LogP contribution in [-0.4, -0.2) is 47.6 Å². The maximum atomic E-state index is 11.8. The van der Waals surface area contributed by atoms with Gasteiger partial charge in [-0.2, -0.15) is 0 Å². The molecular weight excluding hydrogens is 232 g/mol. The predicted molar refractivity (Wildman–Crippen MR) is 69.2 cm³/mol. The number of likely N-dealkylation sites (N-methyl/N-ethyl adjacent to an activating group) is 1. The van der Waals surface area contributed by atoms with Crippen LogP contribution in [0, 0.1) is 11.3 Å². The Hall–Kier alpha value is -1.10. The number of carbonyl (C=O) groups is 2. The molecule has 0 aromatic heterocycles. The highest BCUT2D eigenvalue weighted by atomic mass is 16.4. The summed E-state index contributed by atoms with van der Waals surface area (Å²) in [5.74, 6) is -0.702. The van der Waals surface area contributed by atoms with Crippen LogP contribution in [-0.2, 0) is 9.59 Å². The Morgan fingerprint density at radius 1 is 1.39 bits per heavy atom. The molecule has 18 heavy (non-hydrogen) atoms. The van der Waals surface area contributed by atoms with E-state index in [4.69, 9.17) is 0 Å². The molecule has 104 valence electrons. The number of rotatable bonds is 5. The van der Waals surface area contributed by atoms with Crippen molar-refractivity contribution in [2.75, 3.05) is 19.6 Å². The van der Waals surface area contributed by atoms with Crippen LogP contribution in [0.3, 0.4) is 0 Å². The first-order valence-electron chi connectivity index (χ1n) is 6.60. The number of carboxylic acid groups (broad SMARTS) is 1. The predicted octanol–water partition coefficient (Wildman–Crippen LogP) is 0.944. The van der Waals surface area contributed by atoms with E-state index in [-0.39, 0.29) is 17.9 Å². The molecule has 1 amide bonds. The van der Waals surface area contributed by atoms with Crippen molar-refractivity contribution in [2.45, 2.75) is 40.2 Å². The van der Waals surface area contributed by atoms with E-state index in [2.05, 4.69) is 5.32 Å². The highest BCUT2D eigenvalue weighted by molar-refractivity contribution is 5.82. The minimum Gasteiger partial charge on any atom is -0.481 e. The van der Waals surface area contributed by atoms with Crippen LogP contribution in [0.5, 0.6) is 0 Å². The fourth-order valence-corrected chi connectivity index (χ4v) is 2.57. The van der Waals surface area contributed by atoms with Crippen LogP contribution < -0.4 is 5.32 Å². The number of amides is 1. The largest absolute Gasteiger partial charge is 0.481 e. The van der Waals surface area contributed by atoms with Crippen LogP contribution in [0.25, 0.3) is 0 Å². The molecule has 5 heteroatoms. The van der Waals surface area contributed by atoms with Crippen molar-refractivity contribution < 1.29 is 14.7 Å². The fourth-order valence-electron chi connectivity index (χ4n) is 2.57. The number of likely N-dealkylation sites (tertiary alicyclic amines) is 1. The second kappa shape index (κ2) is 5.69. The van der Waals surface area contributed by atoms with E-state index in [0.29, 0.717) is 26.1 Å². The summed E-state index contributed by atoms with van der Waals surface area (Å²) in [5.41, 5.74) is -0.708. The highest BCUT2D eigenvalue weighted by Gasteiger charge is 2.48. The number of carboxylic acids is 1. The van der Waals surface area contributed by atoms with Gasteiger partial charge in [0.05, 0.1) is 11.5 Å². The van der Waals surface area contributed by atoms with Crippen LogP contribution >= 0.6 is 0 Å². The zero-order valence-electron chi connectivity index (χ0n) is 11.7. The zero-order valence-corrected chi connectivity index (χ0v) is 11.7. The number of nitrogens with one attached hydrogen (secondary N) is 1. The molecule has 5 nitrogen and oxygen atoms in total. The van der Waals surface area contributed by atoms with Gasteiger partial charge in [-0.05, 0) is 26.2 Å². The van der Waals surface area contributed by atoms with Crippen molar-refractivity contribution in [3.63, 3.8) is 0 Å². The van der Waals surface area contributed by atoms with Gasteiger partial charge in [0.1, 0.15) is 0 Å². The van der Waals surface area contributed by atoms with Crippen molar-refractivity contribution in [3.8, 4) is 0 Å². The van der Waals surface area contributed by atoms with Gasteiger partial charge in [-0.25, -0.2) is 0 Å². The van der Waals surface area contributed by atoms with Gasteiger partial charge in [0, 0.05) is 19.6 Å². The number of hydrogen-bond donors (Lipinski definition) is 2. The number of hydrogen-bond acceptors (Lipinski definition) is 3. The van der Waals surface area contributed by atoms with E-state index in [1.54, 1.807) is 0 Å². The first-order valence-corrected chi connectivity index (χ1v) is 6.60. The van der Waals surface area contributed by atoms with Gasteiger partial charge in [-0.15, -0.1) is 0 Å². The molecule has 0 saturated carbocycles. The summed E-state index contributed by atoms with van der Waals surface area (Å²) in [6, 6.07) is -0.259. The molecule has 2 atom stereocenters. The Bertz CT molecular complexity index is 330. The Balaban J connectivity index is 2.75. The summed E-state index contributed by atoms with van der Waals surface area (Å²) < 4.78 is 0. The maximum Gasteiger partial charge on any atom is 0.311 e. The van der Waals surface area contributed by atoms with Crippen molar-refractivity contribution in [1.82, 2.24) is 10.2 Å². The number of carbonyl (C=O) groups excluding carboxylic acids is 1. The molecule has 1 aliphatic rings. The van der Waals surface area contributed by atoms with E-state index >= 15 is 0 Å². The first kappa shape index (κ1) is 15.0. The van der Waals surface area contributed by atoms with Crippen LogP contribution in [0.2, 0.25) is 0 Å².